The van der Waals surface area contributed by atoms with E-state index in [2.05, 4.69) is 14.9 Å². The molecule has 1 N–H and O–H groups in total. The van der Waals surface area contributed by atoms with E-state index in [-0.39, 0.29) is 24.1 Å². The number of rotatable bonds is 4. The zero-order chi connectivity index (χ0) is 16.1. The Morgan fingerprint density at radius 1 is 1.22 bits per heavy atom. The molecule has 8 heteroatoms. The Balaban J connectivity index is 1.63. The van der Waals surface area contributed by atoms with Crippen molar-refractivity contribution in [3.63, 3.8) is 0 Å². The average Bonchev–Trinajstić information content (AvgIpc) is 3.11. The van der Waals surface area contributed by atoms with Crippen LogP contribution in [0.15, 0.2) is 30.3 Å². The molecule has 1 aliphatic heterocycles. The van der Waals surface area contributed by atoms with E-state index in [0.29, 0.717) is 31.2 Å². The Labute approximate surface area is 137 Å². The summed E-state index contributed by atoms with van der Waals surface area (Å²) in [7, 11) is 0. The molecule has 23 heavy (non-hydrogen) atoms. The molecule has 1 aromatic carbocycles. The number of hydrogen-bond acceptors (Lipinski definition) is 6. The molecule has 7 nitrogen and oxygen atoms in total. The number of benzene rings is 1. The van der Waals surface area contributed by atoms with E-state index < -0.39 is 0 Å². The Morgan fingerprint density at radius 2 is 1.96 bits per heavy atom. The lowest BCUT2D eigenvalue weighted by molar-refractivity contribution is -0.134. The minimum Gasteiger partial charge on any atom is -0.378 e. The van der Waals surface area contributed by atoms with Crippen molar-refractivity contribution >= 4 is 23.3 Å². The summed E-state index contributed by atoms with van der Waals surface area (Å²) in [4.78, 5) is 26.7. The molecule has 3 rings (SSSR count). The third kappa shape index (κ3) is 3.72. The highest BCUT2D eigenvalue weighted by molar-refractivity contribution is 7.09. The lowest BCUT2D eigenvalue weighted by Crippen LogP contribution is -2.45. The van der Waals surface area contributed by atoms with Gasteiger partial charge in [-0.1, -0.05) is 34.8 Å². The van der Waals surface area contributed by atoms with Crippen molar-refractivity contribution in [1.29, 1.82) is 0 Å². The van der Waals surface area contributed by atoms with Gasteiger partial charge < -0.3 is 15.0 Å². The van der Waals surface area contributed by atoms with Gasteiger partial charge >= 0.3 is 0 Å². The predicted molar refractivity (Wildman–Crippen MR) is 85.1 cm³/mol. The summed E-state index contributed by atoms with van der Waals surface area (Å²) in [5.74, 6) is -0.509. The number of hydrogen-bond donors (Lipinski definition) is 1. The summed E-state index contributed by atoms with van der Waals surface area (Å²) in [6, 6.07) is 9.46. The molecule has 1 saturated heterocycles. The second-order valence-electron chi connectivity index (χ2n) is 4.99. The molecule has 1 aromatic heterocycles. The van der Waals surface area contributed by atoms with Gasteiger partial charge in [-0.25, -0.2) is 0 Å². The summed E-state index contributed by atoms with van der Waals surface area (Å²) in [5.41, 5.74) is 1.13. The minimum atomic E-state index is -0.390. The van der Waals surface area contributed by atoms with Crippen molar-refractivity contribution in [3.05, 3.63) is 36.0 Å². The molecule has 0 unspecified atom stereocenters. The maximum Gasteiger partial charge on any atom is 0.273 e. The smallest absolute Gasteiger partial charge is 0.273 e. The zero-order valence-electron chi connectivity index (χ0n) is 12.4. The van der Waals surface area contributed by atoms with Crippen molar-refractivity contribution in [3.8, 4) is 10.4 Å². The Hall–Kier alpha value is -2.32. The lowest BCUT2D eigenvalue weighted by atomic mass is 10.1. The molecule has 2 amide bonds. The molecule has 0 aliphatic carbocycles. The molecular weight excluding hydrogens is 316 g/mol. The normalized spacial score (nSPS) is 14.5. The minimum absolute atomic E-state index is 0.0510. The summed E-state index contributed by atoms with van der Waals surface area (Å²) >= 11 is 1.16. The van der Waals surface area contributed by atoms with E-state index in [9.17, 15) is 9.59 Å². The lowest BCUT2D eigenvalue weighted by Gasteiger charge is -2.26. The van der Waals surface area contributed by atoms with E-state index in [1.807, 2.05) is 30.3 Å². The van der Waals surface area contributed by atoms with Crippen molar-refractivity contribution in [1.82, 2.24) is 19.8 Å². The number of ether oxygens (including phenoxy) is 1. The van der Waals surface area contributed by atoms with Gasteiger partial charge in [-0.2, -0.15) is 0 Å². The second-order valence-corrected chi connectivity index (χ2v) is 5.75. The third-order valence-corrected chi connectivity index (χ3v) is 4.28. The van der Waals surface area contributed by atoms with E-state index in [4.69, 9.17) is 4.74 Å². The van der Waals surface area contributed by atoms with Gasteiger partial charge in [-0.3, -0.25) is 9.59 Å². The van der Waals surface area contributed by atoms with Gasteiger partial charge in [0.15, 0.2) is 5.69 Å². The average molecular weight is 332 g/mol. The quantitative estimate of drug-likeness (QED) is 0.895. The predicted octanol–water partition coefficient (Wildman–Crippen LogP) is 0.794. The number of nitrogens with zero attached hydrogens (tertiary/aromatic N) is 3. The van der Waals surface area contributed by atoms with Gasteiger partial charge in [0.2, 0.25) is 5.91 Å². The number of morpholine rings is 1. The highest BCUT2D eigenvalue weighted by atomic mass is 32.1. The maximum atomic E-state index is 12.3. The van der Waals surface area contributed by atoms with Crippen LogP contribution < -0.4 is 5.32 Å². The third-order valence-electron chi connectivity index (χ3n) is 3.50. The van der Waals surface area contributed by atoms with Crippen molar-refractivity contribution < 1.29 is 14.3 Å². The SMILES string of the molecule is O=C(NCC(=O)N1CCOCC1)c1nnsc1-c1ccccc1. The highest BCUT2D eigenvalue weighted by Gasteiger charge is 2.21. The molecular formula is C15H16N4O3S. The molecule has 1 fully saturated rings. The molecule has 120 valence electrons. The summed E-state index contributed by atoms with van der Waals surface area (Å²) in [5, 5.41) is 6.52. The van der Waals surface area contributed by atoms with E-state index in [1.165, 1.54) is 0 Å². The summed E-state index contributed by atoms with van der Waals surface area (Å²) in [6.07, 6.45) is 0. The first-order valence-electron chi connectivity index (χ1n) is 7.27. The zero-order valence-corrected chi connectivity index (χ0v) is 13.2. The largest absolute Gasteiger partial charge is 0.378 e. The van der Waals surface area contributed by atoms with Crippen LogP contribution in [0.2, 0.25) is 0 Å². The van der Waals surface area contributed by atoms with Crippen LogP contribution in [0.1, 0.15) is 10.5 Å². The van der Waals surface area contributed by atoms with Crippen LogP contribution in [0.5, 0.6) is 0 Å². The number of carbonyl (C=O) groups is 2. The number of aromatic nitrogens is 2. The fraction of sp³-hybridized carbons (Fsp3) is 0.333. The fourth-order valence-electron chi connectivity index (χ4n) is 2.28. The van der Waals surface area contributed by atoms with Gasteiger partial charge in [0, 0.05) is 13.1 Å². The summed E-state index contributed by atoms with van der Waals surface area (Å²) < 4.78 is 9.06. The highest BCUT2D eigenvalue weighted by Crippen LogP contribution is 2.25. The maximum absolute atomic E-state index is 12.3. The van der Waals surface area contributed by atoms with Crippen molar-refractivity contribution in [2.45, 2.75) is 0 Å². The van der Waals surface area contributed by atoms with Crippen LogP contribution >= 0.6 is 11.5 Å². The van der Waals surface area contributed by atoms with E-state index >= 15 is 0 Å². The van der Waals surface area contributed by atoms with Gasteiger partial charge in [0.25, 0.3) is 5.91 Å². The Kier molecular flexibility index (Phi) is 4.94. The second kappa shape index (κ2) is 7.30. The number of amides is 2. The first kappa shape index (κ1) is 15.6. The fourth-order valence-corrected chi connectivity index (χ4v) is 2.95. The number of nitrogens with one attached hydrogen (secondary N) is 1. The monoisotopic (exact) mass is 332 g/mol. The summed E-state index contributed by atoms with van der Waals surface area (Å²) in [6.45, 7) is 2.14. The van der Waals surface area contributed by atoms with Crippen molar-refractivity contribution in [2.24, 2.45) is 0 Å². The van der Waals surface area contributed by atoms with Crippen LogP contribution in [-0.4, -0.2) is 59.1 Å². The Morgan fingerprint density at radius 3 is 2.70 bits per heavy atom. The van der Waals surface area contributed by atoms with Crippen LogP contribution in [0.25, 0.3) is 10.4 Å². The molecule has 0 atom stereocenters. The van der Waals surface area contributed by atoms with Gasteiger partial charge in [-0.15, -0.1) is 5.10 Å². The van der Waals surface area contributed by atoms with Crippen LogP contribution in [0, 0.1) is 0 Å². The molecule has 2 heterocycles. The van der Waals surface area contributed by atoms with Crippen LogP contribution in [0.4, 0.5) is 0 Å². The molecule has 0 saturated carbocycles. The molecule has 0 spiro atoms. The van der Waals surface area contributed by atoms with E-state index in [0.717, 1.165) is 17.1 Å². The van der Waals surface area contributed by atoms with Crippen LogP contribution in [-0.2, 0) is 9.53 Å². The first-order chi connectivity index (χ1) is 11.3. The van der Waals surface area contributed by atoms with Crippen LogP contribution in [0.3, 0.4) is 0 Å². The number of carbonyl (C=O) groups excluding carboxylic acids is 2. The molecule has 2 aromatic rings. The molecule has 1 aliphatic rings. The van der Waals surface area contributed by atoms with Gasteiger partial charge in [-0.05, 0) is 17.1 Å². The molecule has 0 radical (unpaired) electrons. The van der Waals surface area contributed by atoms with Gasteiger partial charge in [0.05, 0.1) is 24.6 Å². The topological polar surface area (TPSA) is 84.4 Å². The van der Waals surface area contributed by atoms with E-state index in [1.54, 1.807) is 4.90 Å². The van der Waals surface area contributed by atoms with Crippen molar-refractivity contribution in [2.75, 3.05) is 32.8 Å². The van der Waals surface area contributed by atoms with Gasteiger partial charge in [0.1, 0.15) is 0 Å². The molecule has 0 bridgehead atoms. The first-order valence-corrected chi connectivity index (χ1v) is 8.04. The Bertz CT molecular complexity index is 683. The standard InChI is InChI=1S/C15H16N4O3S/c20-12(19-6-8-22-9-7-19)10-16-15(21)13-14(23-18-17-13)11-4-2-1-3-5-11/h1-5H,6-10H2,(H,16,21).